The first-order valence-corrected chi connectivity index (χ1v) is 15.6. The fourth-order valence-corrected chi connectivity index (χ4v) is 5.50. The lowest BCUT2D eigenvalue weighted by atomic mass is 10.0. The van der Waals surface area contributed by atoms with Gasteiger partial charge >= 0.3 is 13.8 Å². The van der Waals surface area contributed by atoms with Gasteiger partial charge in [0.1, 0.15) is 24.9 Å². The molecule has 240 valence electrons. The Morgan fingerprint density at radius 2 is 1.07 bits per heavy atom. The Morgan fingerprint density at radius 3 is 1.51 bits per heavy atom. The molecule has 0 aromatic carbocycles. The topological polar surface area (TPSA) is 189 Å². The summed E-state index contributed by atoms with van der Waals surface area (Å²) in [6.45, 7) is 8.25. The van der Waals surface area contributed by atoms with Crippen molar-refractivity contribution in [3.8, 4) is 0 Å². The summed E-state index contributed by atoms with van der Waals surface area (Å²) in [5, 5.41) is 41.2. The predicted octanol–water partition coefficient (Wildman–Crippen LogP) is -2.87. The van der Waals surface area contributed by atoms with Crippen molar-refractivity contribution in [2.24, 2.45) is 0 Å². The van der Waals surface area contributed by atoms with Crippen LogP contribution in [0.4, 0.5) is 0 Å². The molecule has 3 rings (SSSR count). The summed E-state index contributed by atoms with van der Waals surface area (Å²) < 4.78 is 50.5. The molecule has 3 fully saturated rings. The molecule has 0 amide bonds. The fraction of sp³-hybridized carbons (Fsp3) is 0.958. The van der Waals surface area contributed by atoms with Crippen LogP contribution in [-0.4, -0.2) is 190 Å². The summed E-state index contributed by atoms with van der Waals surface area (Å²) in [4.78, 5) is 18.3. The Morgan fingerprint density at radius 1 is 0.659 bits per heavy atom. The van der Waals surface area contributed by atoms with Crippen LogP contribution in [0.3, 0.4) is 0 Å². The lowest BCUT2D eigenvalue weighted by molar-refractivity contribution is -0.170. The minimum Gasteiger partial charge on any atom is -0.462 e. The average Bonchev–Trinajstić information content (AvgIpc) is 3.00. The number of esters is 1. The summed E-state index contributed by atoms with van der Waals surface area (Å²) in [5.41, 5.74) is 0. The molecular weight excluding hydrogens is 569 g/mol. The number of morpholine rings is 3. The Kier molecular flexibility index (Phi) is 15.9. The average molecular weight is 616 g/mol. The number of rotatable bonds is 18. The molecule has 3 saturated heterocycles. The van der Waals surface area contributed by atoms with Gasteiger partial charge < -0.3 is 39.4 Å². The molecule has 0 aromatic rings. The molecule has 4 atom stereocenters. The standard InChI is InChI=1S/C24H46N3O13P/c28-20(21(29)22(30)23(31)24(32)37-16-7-25-1-10-34-11-2-25)19-40-41(33,38-17-8-26-3-12-35-13-4-26)39-18-9-27-5-14-36-15-6-27/h20-23,28-31H,1-19H2/t20-,21-,22+,23-/m1/s1. The van der Waals surface area contributed by atoms with E-state index in [1.54, 1.807) is 0 Å². The number of aliphatic hydroxyl groups excluding tert-OH is 4. The van der Waals surface area contributed by atoms with E-state index < -0.39 is 44.8 Å². The first kappa shape index (κ1) is 34.7. The van der Waals surface area contributed by atoms with Gasteiger partial charge in [-0.25, -0.2) is 9.36 Å². The third-order valence-corrected chi connectivity index (χ3v) is 8.45. The SMILES string of the molecule is O=C(OCCN1CCOCC1)[C@H](O)[C@@H](O)[C@H](O)[C@H](O)COP(=O)(OCCN1CCOCC1)OCCN1CCOCC1. The number of ether oxygens (including phenoxy) is 4. The van der Waals surface area contributed by atoms with Crippen LogP contribution in [0, 0.1) is 0 Å². The zero-order valence-corrected chi connectivity index (χ0v) is 24.4. The van der Waals surface area contributed by atoms with Crippen molar-refractivity contribution >= 4 is 13.8 Å². The highest BCUT2D eigenvalue weighted by Crippen LogP contribution is 2.49. The normalized spacial score (nSPS) is 23.1. The van der Waals surface area contributed by atoms with Gasteiger partial charge in [-0.05, 0) is 0 Å². The summed E-state index contributed by atoms with van der Waals surface area (Å²) in [6.07, 6.45) is -8.06. The molecule has 0 radical (unpaired) electrons. The monoisotopic (exact) mass is 615 g/mol. The van der Waals surface area contributed by atoms with E-state index in [-0.39, 0.29) is 19.8 Å². The number of nitrogens with zero attached hydrogens (tertiary/aromatic N) is 3. The van der Waals surface area contributed by atoms with Gasteiger partial charge in [-0.1, -0.05) is 0 Å². The van der Waals surface area contributed by atoms with Crippen molar-refractivity contribution in [1.82, 2.24) is 14.7 Å². The van der Waals surface area contributed by atoms with Crippen LogP contribution in [0.25, 0.3) is 0 Å². The molecule has 3 heterocycles. The number of phosphoric acid groups is 1. The van der Waals surface area contributed by atoms with Crippen LogP contribution in [0.5, 0.6) is 0 Å². The Balaban J connectivity index is 1.44. The minimum absolute atomic E-state index is 0.0190. The smallest absolute Gasteiger partial charge is 0.462 e. The minimum atomic E-state index is -4.19. The molecule has 41 heavy (non-hydrogen) atoms. The third-order valence-electron chi connectivity index (χ3n) is 6.99. The van der Waals surface area contributed by atoms with Gasteiger partial charge in [-0.15, -0.1) is 0 Å². The van der Waals surface area contributed by atoms with Gasteiger partial charge in [0, 0.05) is 58.9 Å². The van der Waals surface area contributed by atoms with Crippen molar-refractivity contribution in [3.63, 3.8) is 0 Å². The molecule has 4 N–H and O–H groups in total. The zero-order valence-electron chi connectivity index (χ0n) is 23.5. The van der Waals surface area contributed by atoms with Crippen LogP contribution in [-0.2, 0) is 41.9 Å². The van der Waals surface area contributed by atoms with Gasteiger partial charge in [0.2, 0.25) is 0 Å². The van der Waals surface area contributed by atoms with E-state index in [9.17, 15) is 29.8 Å². The van der Waals surface area contributed by atoms with E-state index in [1.807, 2.05) is 4.90 Å². The number of carbonyl (C=O) groups is 1. The molecule has 0 spiro atoms. The van der Waals surface area contributed by atoms with Crippen molar-refractivity contribution < 1.29 is 62.3 Å². The number of aliphatic hydroxyl groups is 4. The summed E-state index contributed by atoms with van der Waals surface area (Å²) >= 11 is 0. The van der Waals surface area contributed by atoms with Gasteiger partial charge in [0.15, 0.2) is 6.10 Å². The highest BCUT2D eigenvalue weighted by molar-refractivity contribution is 7.48. The Hall–Kier alpha value is -0.820. The van der Waals surface area contributed by atoms with E-state index in [4.69, 9.17) is 32.5 Å². The molecule has 17 heteroatoms. The molecule has 0 bridgehead atoms. The van der Waals surface area contributed by atoms with Crippen molar-refractivity contribution in [3.05, 3.63) is 0 Å². The maximum Gasteiger partial charge on any atom is 0.474 e. The van der Waals surface area contributed by atoms with Crippen molar-refractivity contribution in [2.75, 3.05) is 125 Å². The number of hydrogen-bond acceptors (Lipinski definition) is 16. The first-order chi connectivity index (χ1) is 19.8. The maximum absolute atomic E-state index is 13.3. The lowest BCUT2D eigenvalue weighted by Crippen LogP contribution is -2.49. The quantitative estimate of drug-likeness (QED) is 0.0908. The largest absolute Gasteiger partial charge is 0.474 e. The number of hydrogen-bond donors (Lipinski definition) is 4. The number of phosphoric ester groups is 1. The number of carbonyl (C=O) groups excluding carboxylic acids is 1. The van der Waals surface area contributed by atoms with Gasteiger partial charge in [-0.2, -0.15) is 0 Å². The lowest BCUT2D eigenvalue weighted by Gasteiger charge is -2.29. The summed E-state index contributed by atoms with van der Waals surface area (Å²) in [5.74, 6) is -1.15. The zero-order chi connectivity index (χ0) is 29.5. The van der Waals surface area contributed by atoms with Gasteiger partial charge in [0.05, 0.1) is 59.5 Å². The van der Waals surface area contributed by atoms with Crippen LogP contribution in [0.15, 0.2) is 0 Å². The highest BCUT2D eigenvalue weighted by Gasteiger charge is 2.37. The Bertz CT molecular complexity index is 754. The summed E-state index contributed by atoms with van der Waals surface area (Å²) in [6, 6.07) is 0. The van der Waals surface area contributed by atoms with Crippen molar-refractivity contribution in [2.45, 2.75) is 24.4 Å². The molecule has 0 unspecified atom stereocenters. The van der Waals surface area contributed by atoms with Gasteiger partial charge in [-0.3, -0.25) is 28.3 Å². The van der Waals surface area contributed by atoms with E-state index in [0.29, 0.717) is 98.5 Å². The molecule has 16 nitrogen and oxygen atoms in total. The Labute approximate surface area is 240 Å². The first-order valence-electron chi connectivity index (χ1n) is 14.1. The van der Waals surface area contributed by atoms with Crippen LogP contribution < -0.4 is 0 Å². The molecular formula is C24H46N3O13P. The van der Waals surface area contributed by atoms with Crippen LogP contribution >= 0.6 is 7.82 Å². The third kappa shape index (κ3) is 12.7. The van der Waals surface area contributed by atoms with E-state index >= 15 is 0 Å². The molecule has 3 aliphatic rings. The molecule has 3 aliphatic heterocycles. The second kappa shape index (κ2) is 18.8. The van der Waals surface area contributed by atoms with Crippen LogP contribution in [0.2, 0.25) is 0 Å². The maximum atomic E-state index is 13.3. The molecule has 0 aromatic heterocycles. The van der Waals surface area contributed by atoms with E-state index in [0.717, 1.165) is 0 Å². The van der Waals surface area contributed by atoms with Crippen LogP contribution in [0.1, 0.15) is 0 Å². The second-order valence-corrected chi connectivity index (χ2v) is 11.6. The van der Waals surface area contributed by atoms with E-state index in [2.05, 4.69) is 9.80 Å². The predicted molar refractivity (Wildman–Crippen MR) is 142 cm³/mol. The molecule has 0 saturated carbocycles. The fourth-order valence-electron chi connectivity index (χ4n) is 4.33. The highest BCUT2D eigenvalue weighted by atomic mass is 31.2. The second-order valence-electron chi connectivity index (χ2n) is 9.93. The van der Waals surface area contributed by atoms with Crippen molar-refractivity contribution in [1.29, 1.82) is 0 Å². The molecule has 0 aliphatic carbocycles. The summed E-state index contributed by atoms with van der Waals surface area (Å²) in [7, 11) is -4.19. The van der Waals surface area contributed by atoms with E-state index in [1.165, 1.54) is 0 Å². The van der Waals surface area contributed by atoms with Gasteiger partial charge in [0.25, 0.3) is 0 Å².